The van der Waals surface area contributed by atoms with E-state index in [1.165, 1.54) is 58.2 Å². The first kappa shape index (κ1) is 21.7. The third-order valence-electron chi connectivity index (χ3n) is 6.18. The fourth-order valence-corrected chi connectivity index (χ4v) is 5.63. The van der Waals surface area contributed by atoms with Gasteiger partial charge in [0.15, 0.2) is 0 Å². The molecule has 0 aromatic heterocycles. The molecule has 4 aromatic carbocycles. The molecule has 0 aliphatic carbocycles. The maximum atomic E-state index is 2.52. The highest BCUT2D eigenvalue weighted by Crippen LogP contribution is 2.47. The topological polar surface area (TPSA) is 6.48 Å². The first-order chi connectivity index (χ1) is 16.4. The molecule has 0 bridgehead atoms. The van der Waals surface area contributed by atoms with Crippen molar-refractivity contribution in [2.24, 2.45) is 0 Å². The van der Waals surface area contributed by atoms with Crippen LogP contribution in [-0.2, 0) is 0 Å². The molecule has 0 spiro atoms. The van der Waals surface area contributed by atoms with E-state index in [2.05, 4.69) is 119 Å². The number of fused-ring (bicyclic) bond motifs is 2. The summed E-state index contributed by atoms with van der Waals surface area (Å²) in [6, 6.07) is 39.1. The number of para-hydroxylation sites is 4. The second-order valence-corrected chi connectivity index (χ2v) is 9.51. The normalized spacial score (nSPS) is 12.2. The molecule has 0 saturated carbocycles. The Hall–Kier alpha value is -3.17. The van der Waals surface area contributed by atoms with Crippen molar-refractivity contribution in [3.8, 4) is 0 Å². The van der Waals surface area contributed by atoms with Crippen LogP contribution in [-0.4, -0.2) is 13.1 Å². The van der Waals surface area contributed by atoms with Crippen molar-refractivity contribution in [2.75, 3.05) is 22.9 Å². The zero-order chi connectivity index (χ0) is 22.3. The SMILES string of the molecule is c1ccc(N(CCCCCCN2c3ccccc3Sc3ccccc32)c2ccccc2)cc1. The van der Waals surface area contributed by atoms with Crippen LogP contribution in [0.3, 0.4) is 0 Å². The summed E-state index contributed by atoms with van der Waals surface area (Å²) < 4.78 is 0. The smallest absolute Gasteiger partial charge is 0.0552 e. The predicted molar refractivity (Wildman–Crippen MR) is 142 cm³/mol. The molecule has 0 radical (unpaired) electrons. The van der Waals surface area contributed by atoms with Gasteiger partial charge in [-0.3, -0.25) is 0 Å². The first-order valence-electron chi connectivity index (χ1n) is 11.9. The fourth-order valence-electron chi connectivity index (χ4n) is 4.54. The second-order valence-electron chi connectivity index (χ2n) is 8.43. The van der Waals surface area contributed by atoms with Crippen LogP contribution in [0.2, 0.25) is 0 Å². The Balaban J connectivity index is 1.18. The van der Waals surface area contributed by atoms with E-state index in [9.17, 15) is 0 Å². The molecule has 1 heterocycles. The van der Waals surface area contributed by atoms with E-state index in [-0.39, 0.29) is 0 Å². The van der Waals surface area contributed by atoms with Gasteiger partial charge in [0.05, 0.1) is 11.4 Å². The highest BCUT2D eigenvalue weighted by atomic mass is 32.2. The van der Waals surface area contributed by atoms with Crippen molar-refractivity contribution in [1.29, 1.82) is 0 Å². The van der Waals surface area contributed by atoms with E-state index < -0.39 is 0 Å². The van der Waals surface area contributed by atoms with Crippen molar-refractivity contribution in [3.63, 3.8) is 0 Å². The lowest BCUT2D eigenvalue weighted by Crippen LogP contribution is -2.22. The quantitative estimate of drug-likeness (QED) is 0.235. The van der Waals surface area contributed by atoms with Gasteiger partial charge in [-0.2, -0.15) is 0 Å². The molecule has 0 fully saturated rings. The van der Waals surface area contributed by atoms with Gasteiger partial charge < -0.3 is 9.80 Å². The Morgan fingerprint density at radius 3 is 1.58 bits per heavy atom. The van der Waals surface area contributed by atoms with Gasteiger partial charge in [0.1, 0.15) is 0 Å². The number of benzene rings is 4. The minimum absolute atomic E-state index is 1.04. The number of rotatable bonds is 9. The molecule has 1 aliphatic rings. The molecule has 5 rings (SSSR count). The number of hydrogen-bond acceptors (Lipinski definition) is 3. The van der Waals surface area contributed by atoms with Crippen LogP contribution in [0.4, 0.5) is 22.7 Å². The molecule has 0 unspecified atom stereocenters. The molecule has 0 saturated heterocycles. The fraction of sp³-hybridized carbons (Fsp3) is 0.200. The molecule has 2 nitrogen and oxygen atoms in total. The molecular weight excluding hydrogens is 420 g/mol. The summed E-state index contributed by atoms with van der Waals surface area (Å²) >= 11 is 1.89. The zero-order valence-electron chi connectivity index (χ0n) is 18.9. The van der Waals surface area contributed by atoms with Crippen LogP contribution in [0.25, 0.3) is 0 Å². The standard InChI is InChI=1S/C30H30N2S/c1(13-23-31(25-15-5-3-6-16-25)26-17-7-4-8-18-26)2-14-24-32-27-19-9-11-21-29(27)33-30-22-12-10-20-28(30)32/h3-12,15-22H,1-2,13-14,23-24H2. The van der Waals surface area contributed by atoms with Gasteiger partial charge in [0, 0.05) is 34.3 Å². The summed E-state index contributed by atoms with van der Waals surface area (Å²) in [5.74, 6) is 0. The average molecular weight is 451 g/mol. The Kier molecular flexibility index (Phi) is 6.98. The van der Waals surface area contributed by atoms with Crippen molar-refractivity contribution >= 4 is 34.5 Å². The average Bonchev–Trinajstić information content (AvgIpc) is 2.88. The van der Waals surface area contributed by atoms with Gasteiger partial charge in [-0.1, -0.05) is 85.3 Å². The molecule has 1 aliphatic heterocycles. The Labute approximate surface area is 201 Å². The van der Waals surface area contributed by atoms with E-state index >= 15 is 0 Å². The highest BCUT2D eigenvalue weighted by Gasteiger charge is 2.22. The highest BCUT2D eigenvalue weighted by molar-refractivity contribution is 7.99. The molecule has 4 aromatic rings. The predicted octanol–water partition coefficient (Wildman–Crippen LogP) is 8.69. The number of anilines is 4. The third-order valence-corrected chi connectivity index (χ3v) is 7.31. The first-order valence-corrected chi connectivity index (χ1v) is 12.7. The monoisotopic (exact) mass is 450 g/mol. The van der Waals surface area contributed by atoms with E-state index in [4.69, 9.17) is 0 Å². The van der Waals surface area contributed by atoms with Gasteiger partial charge in [-0.25, -0.2) is 0 Å². The summed E-state index contributed by atoms with van der Waals surface area (Å²) in [7, 11) is 0. The zero-order valence-corrected chi connectivity index (χ0v) is 19.8. The minimum atomic E-state index is 1.04. The number of hydrogen-bond donors (Lipinski definition) is 0. The number of nitrogens with zero attached hydrogens (tertiary/aromatic N) is 2. The van der Waals surface area contributed by atoms with Gasteiger partial charge in [-0.05, 0) is 61.4 Å². The van der Waals surface area contributed by atoms with E-state index in [0.717, 1.165) is 13.1 Å². The van der Waals surface area contributed by atoms with Crippen molar-refractivity contribution in [2.45, 2.75) is 35.5 Å². The Bertz CT molecular complexity index is 1080. The van der Waals surface area contributed by atoms with Gasteiger partial charge >= 0.3 is 0 Å². The van der Waals surface area contributed by atoms with Crippen LogP contribution >= 0.6 is 11.8 Å². The van der Waals surface area contributed by atoms with Crippen molar-refractivity contribution in [3.05, 3.63) is 109 Å². The van der Waals surface area contributed by atoms with Crippen LogP contribution in [0.1, 0.15) is 25.7 Å². The molecule has 33 heavy (non-hydrogen) atoms. The summed E-state index contributed by atoms with van der Waals surface area (Å²) in [6.45, 7) is 2.11. The molecule has 3 heteroatoms. The minimum Gasteiger partial charge on any atom is -0.341 e. The molecular formula is C30H30N2S. The third kappa shape index (κ3) is 5.09. The summed E-state index contributed by atoms with van der Waals surface area (Å²) in [5, 5.41) is 0. The molecule has 0 N–H and O–H groups in total. The Morgan fingerprint density at radius 2 is 1.00 bits per heavy atom. The van der Waals surface area contributed by atoms with Crippen molar-refractivity contribution < 1.29 is 0 Å². The largest absolute Gasteiger partial charge is 0.341 e. The number of unbranched alkanes of at least 4 members (excludes halogenated alkanes) is 3. The lowest BCUT2D eigenvalue weighted by Gasteiger charge is -2.32. The maximum Gasteiger partial charge on any atom is 0.0552 e. The van der Waals surface area contributed by atoms with E-state index in [1.54, 1.807) is 0 Å². The van der Waals surface area contributed by atoms with Crippen LogP contribution in [0.15, 0.2) is 119 Å². The Morgan fingerprint density at radius 1 is 0.515 bits per heavy atom. The summed E-state index contributed by atoms with van der Waals surface area (Å²) in [5.41, 5.74) is 5.23. The second kappa shape index (κ2) is 10.6. The van der Waals surface area contributed by atoms with Crippen LogP contribution < -0.4 is 9.80 Å². The molecule has 0 amide bonds. The molecule has 0 atom stereocenters. The van der Waals surface area contributed by atoms with Crippen LogP contribution in [0, 0.1) is 0 Å². The van der Waals surface area contributed by atoms with E-state index in [0.29, 0.717) is 0 Å². The molecule has 166 valence electrons. The lowest BCUT2D eigenvalue weighted by molar-refractivity contribution is 0.642. The summed E-state index contributed by atoms with van der Waals surface area (Å²) in [4.78, 5) is 7.67. The lowest BCUT2D eigenvalue weighted by atomic mass is 10.1. The maximum absolute atomic E-state index is 2.52. The van der Waals surface area contributed by atoms with Gasteiger partial charge in [-0.15, -0.1) is 0 Å². The van der Waals surface area contributed by atoms with E-state index in [1.807, 2.05) is 11.8 Å². The van der Waals surface area contributed by atoms with Gasteiger partial charge in [0.25, 0.3) is 0 Å². The van der Waals surface area contributed by atoms with Crippen LogP contribution in [0.5, 0.6) is 0 Å². The van der Waals surface area contributed by atoms with Crippen molar-refractivity contribution in [1.82, 2.24) is 0 Å². The van der Waals surface area contributed by atoms with Gasteiger partial charge in [0.2, 0.25) is 0 Å². The summed E-state index contributed by atoms with van der Waals surface area (Å²) in [6.07, 6.45) is 4.87.